The molecule has 0 heterocycles. The van der Waals surface area contributed by atoms with Crippen molar-refractivity contribution in [2.24, 2.45) is 5.10 Å². The molecule has 36 heavy (non-hydrogen) atoms. The van der Waals surface area contributed by atoms with Crippen LogP contribution in [0.2, 0.25) is 0 Å². The molecular formula is C30H22N2O4. The normalized spacial score (nSPS) is 11.0. The number of esters is 1. The fourth-order valence-corrected chi connectivity index (χ4v) is 4.02. The van der Waals surface area contributed by atoms with Crippen molar-refractivity contribution in [1.82, 2.24) is 5.43 Å². The Hall–Kier alpha value is -4.97. The summed E-state index contributed by atoms with van der Waals surface area (Å²) in [5.41, 5.74) is 4.02. The van der Waals surface area contributed by atoms with E-state index in [1.165, 1.54) is 6.21 Å². The number of hydrogen-bond acceptors (Lipinski definition) is 5. The standard InChI is InChI=1S/C30H22N2O4/c1-35-23-16-13-22(14-17-23)29(33)32-31-19-27-25-11-5-3-8-21(25)15-18-28(27)36-30(34)26-12-6-9-20-7-2-4-10-24(20)26/h2-19H,1H3,(H,32,33)/b31-19+. The predicted molar refractivity (Wildman–Crippen MR) is 141 cm³/mol. The first-order valence-electron chi connectivity index (χ1n) is 11.3. The minimum atomic E-state index is -0.473. The van der Waals surface area contributed by atoms with Crippen molar-refractivity contribution in [3.05, 3.63) is 120 Å². The van der Waals surface area contributed by atoms with Crippen LogP contribution >= 0.6 is 0 Å². The van der Waals surface area contributed by atoms with Gasteiger partial charge in [0.15, 0.2) is 0 Å². The molecule has 5 aromatic rings. The lowest BCUT2D eigenvalue weighted by atomic mass is 10.0. The molecular weight excluding hydrogens is 452 g/mol. The molecule has 0 unspecified atom stereocenters. The second kappa shape index (κ2) is 10.1. The molecule has 0 saturated heterocycles. The minimum Gasteiger partial charge on any atom is -0.497 e. The zero-order valence-electron chi connectivity index (χ0n) is 19.5. The lowest BCUT2D eigenvalue weighted by Crippen LogP contribution is -2.17. The first-order valence-corrected chi connectivity index (χ1v) is 11.3. The highest BCUT2D eigenvalue weighted by Gasteiger charge is 2.16. The van der Waals surface area contributed by atoms with Crippen LogP contribution in [-0.4, -0.2) is 25.2 Å². The van der Waals surface area contributed by atoms with Crippen LogP contribution in [0.5, 0.6) is 11.5 Å². The van der Waals surface area contributed by atoms with E-state index in [0.29, 0.717) is 28.2 Å². The fourth-order valence-electron chi connectivity index (χ4n) is 4.02. The van der Waals surface area contributed by atoms with Gasteiger partial charge in [-0.3, -0.25) is 4.79 Å². The Bertz CT molecular complexity index is 1600. The number of nitrogens with zero attached hydrogens (tertiary/aromatic N) is 1. The third kappa shape index (κ3) is 4.65. The molecule has 6 nitrogen and oxygen atoms in total. The van der Waals surface area contributed by atoms with Crippen molar-refractivity contribution in [2.75, 3.05) is 7.11 Å². The van der Waals surface area contributed by atoms with Crippen LogP contribution in [-0.2, 0) is 0 Å². The Balaban J connectivity index is 1.45. The van der Waals surface area contributed by atoms with Gasteiger partial charge in [0.25, 0.3) is 5.91 Å². The van der Waals surface area contributed by atoms with E-state index in [1.807, 2.05) is 66.7 Å². The zero-order valence-corrected chi connectivity index (χ0v) is 19.5. The maximum absolute atomic E-state index is 13.2. The number of hydrogen-bond donors (Lipinski definition) is 1. The molecule has 0 aromatic heterocycles. The van der Waals surface area contributed by atoms with Crippen molar-refractivity contribution in [3.8, 4) is 11.5 Å². The molecule has 0 bridgehead atoms. The summed E-state index contributed by atoms with van der Waals surface area (Å²) in [5, 5.41) is 7.70. The summed E-state index contributed by atoms with van der Waals surface area (Å²) in [6, 6.07) is 31.2. The molecule has 0 fully saturated rings. The summed E-state index contributed by atoms with van der Waals surface area (Å²) in [6.07, 6.45) is 1.50. The Morgan fingerprint density at radius 3 is 2.17 bits per heavy atom. The first-order chi connectivity index (χ1) is 17.6. The van der Waals surface area contributed by atoms with Gasteiger partial charge in [0, 0.05) is 11.1 Å². The van der Waals surface area contributed by atoms with E-state index in [2.05, 4.69) is 10.5 Å². The maximum atomic E-state index is 13.2. The number of benzene rings is 5. The Morgan fingerprint density at radius 2 is 1.42 bits per heavy atom. The molecule has 0 atom stereocenters. The first kappa shape index (κ1) is 22.8. The third-order valence-corrected chi connectivity index (χ3v) is 5.85. The quantitative estimate of drug-likeness (QED) is 0.142. The van der Waals surface area contributed by atoms with Crippen LogP contribution in [0.4, 0.5) is 0 Å². The molecule has 6 heteroatoms. The second-order valence-corrected chi connectivity index (χ2v) is 8.04. The zero-order chi connectivity index (χ0) is 24.9. The molecule has 0 radical (unpaired) electrons. The average Bonchev–Trinajstić information content (AvgIpc) is 2.93. The number of carbonyl (C=O) groups is 2. The largest absolute Gasteiger partial charge is 0.497 e. The number of amides is 1. The minimum absolute atomic E-state index is 0.342. The number of methoxy groups -OCH3 is 1. The van der Waals surface area contributed by atoms with E-state index in [1.54, 1.807) is 43.5 Å². The predicted octanol–water partition coefficient (Wildman–Crippen LogP) is 5.98. The highest BCUT2D eigenvalue weighted by atomic mass is 16.5. The van der Waals surface area contributed by atoms with Gasteiger partial charge in [-0.15, -0.1) is 0 Å². The van der Waals surface area contributed by atoms with Crippen LogP contribution in [0.1, 0.15) is 26.3 Å². The number of fused-ring (bicyclic) bond motifs is 2. The van der Waals surface area contributed by atoms with E-state index in [0.717, 1.165) is 21.5 Å². The number of carbonyl (C=O) groups excluding carboxylic acids is 2. The summed E-state index contributed by atoms with van der Waals surface area (Å²) < 4.78 is 11.0. The summed E-state index contributed by atoms with van der Waals surface area (Å²) in [6.45, 7) is 0. The topological polar surface area (TPSA) is 77.0 Å². The van der Waals surface area contributed by atoms with Gasteiger partial charge in [0.05, 0.1) is 18.9 Å². The highest BCUT2D eigenvalue weighted by Crippen LogP contribution is 2.28. The molecule has 5 rings (SSSR count). The van der Waals surface area contributed by atoms with Crippen molar-refractivity contribution in [1.29, 1.82) is 0 Å². The number of hydrazone groups is 1. The molecule has 5 aromatic carbocycles. The van der Waals surface area contributed by atoms with Crippen LogP contribution in [0, 0.1) is 0 Å². The van der Waals surface area contributed by atoms with Crippen LogP contribution in [0.25, 0.3) is 21.5 Å². The van der Waals surface area contributed by atoms with Crippen molar-refractivity contribution in [3.63, 3.8) is 0 Å². The average molecular weight is 475 g/mol. The lowest BCUT2D eigenvalue weighted by molar-refractivity contribution is 0.0736. The van der Waals surface area contributed by atoms with Crippen LogP contribution < -0.4 is 14.9 Å². The summed E-state index contributed by atoms with van der Waals surface area (Å²) in [5.74, 6) is 0.153. The SMILES string of the molecule is COc1ccc(C(=O)N/N=C/c2c(OC(=O)c3cccc4ccccc34)ccc3ccccc23)cc1. The van der Waals surface area contributed by atoms with Gasteiger partial charge in [0.2, 0.25) is 0 Å². The second-order valence-electron chi connectivity index (χ2n) is 8.04. The van der Waals surface area contributed by atoms with E-state index in [4.69, 9.17) is 9.47 Å². The number of nitrogens with one attached hydrogen (secondary N) is 1. The van der Waals surface area contributed by atoms with E-state index < -0.39 is 5.97 Å². The maximum Gasteiger partial charge on any atom is 0.344 e. The molecule has 0 aliphatic rings. The van der Waals surface area contributed by atoms with Gasteiger partial charge >= 0.3 is 5.97 Å². The fraction of sp³-hybridized carbons (Fsp3) is 0.0333. The van der Waals surface area contributed by atoms with Gasteiger partial charge in [-0.25, -0.2) is 10.2 Å². The summed E-state index contributed by atoms with van der Waals surface area (Å²) in [4.78, 5) is 25.7. The molecule has 1 N–H and O–H groups in total. The van der Waals surface area contributed by atoms with Gasteiger partial charge in [-0.2, -0.15) is 5.10 Å². The third-order valence-electron chi connectivity index (χ3n) is 5.85. The van der Waals surface area contributed by atoms with Crippen LogP contribution in [0.15, 0.2) is 108 Å². The number of ether oxygens (including phenoxy) is 2. The van der Waals surface area contributed by atoms with Crippen molar-refractivity contribution >= 4 is 39.6 Å². The summed E-state index contributed by atoms with van der Waals surface area (Å²) in [7, 11) is 1.56. The molecule has 0 aliphatic heterocycles. The smallest absolute Gasteiger partial charge is 0.344 e. The highest BCUT2D eigenvalue weighted by molar-refractivity contribution is 6.07. The van der Waals surface area contributed by atoms with Gasteiger partial charge < -0.3 is 9.47 Å². The monoisotopic (exact) mass is 474 g/mol. The van der Waals surface area contributed by atoms with E-state index in [9.17, 15) is 9.59 Å². The Morgan fingerprint density at radius 1 is 0.750 bits per heavy atom. The molecule has 176 valence electrons. The molecule has 0 saturated carbocycles. The van der Waals surface area contributed by atoms with Gasteiger partial charge in [-0.1, -0.05) is 66.7 Å². The van der Waals surface area contributed by atoms with Crippen molar-refractivity contribution < 1.29 is 19.1 Å². The lowest BCUT2D eigenvalue weighted by Gasteiger charge is -2.12. The van der Waals surface area contributed by atoms with Gasteiger partial charge in [0.1, 0.15) is 11.5 Å². The van der Waals surface area contributed by atoms with E-state index >= 15 is 0 Å². The summed E-state index contributed by atoms with van der Waals surface area (Å²) >= 11 is 0. The Labute approximate surface area is 207 Å². The number of rotatable bonds is 6. The van der Waals surface area contributed by atoms with Crippen LogP contribution in [0.3, 0.4) is 0 Å². The van der Waals surface area contributed by atoms with E-state index in [-0.39, 0.29) is 5.91 Å². The molecule has 1 amide bonds. The Kier molecular flexibility index (Phi) is 6.40. The molecule has 0 spiro atoms. The van der Waals surface area contributed by atoms with Gasteiger partial charge in [-0.05, 0) is 57.9 Å². The molecule has 0 aliphatic carbocycles. The van der Waals surface area contributed by atoms with Crippen molar-refractivity contribution in [2.45, 2.75) is 0 Å².